The Hall–Kier alpha value is 0.0969. The Labute approximate surface area is 190 Å². The molecular weight excluding hydrogens is 419 g/mol. The molecule has 0 aromatic carbocycles. The fourth-order valence-electron chi connectivity index (χ4n) is 4.52. The lowest BCUT2D eigenvalue weighted by atomic mass is 9.85. The Morgan fingerprint density at radius 1 is 0.897 bits per heavy atom. The van der Waals surface area contributed by atoms with Gasteiger partial charge >= 0.3 is 0 Å². The zero-order valence-corrected chi connectivity index (χ0v) is 21.9. The van der Waals surface area contributed by atoms with Crippen LogP contribution in [0.3, 0.4) is 0 Å². The van der Waals surface area contributed by atoms with E-state index >= 15 is 0 Å². The highest BCUT2D eigenvalue weighted by Gasteiger charge is 2.31. The lowest BCUT2D eigenvalue weighted by Gasteiger charge is -2.32. The summed E-state index contributed by atoms with van der Waals surface area (Å²) in [5.74, 6) is 1.06. The molecule has 2 saturated carbocycles. The molecule has 2 fully saturated rings. The summed E-state index contributed by atoms with van der Waals surface area (Å²) in [6, 6.07) is 0.392. The fourth-order valence-corrected chi connectivity index (χ4v) is 6.19. The monoisotopic (exact) mass is 460 g/mol. The zero-order valence-electron chi connectivity index (χ0n) is 19.4. The maximum absolute atomic E-state index is 6.70. The normalized spacial score (nSPS) is 35.0. The van der Waals surface area contributed by atoms with Crippen molar-refractivity contribution in [3.63, 3.8) is 0 Å². The molecule has 0 saturated heterocycles. The van der Waals surface area contributed by atoms with Crippen LogP contribution in [0.15, 0.2) is 9.98 Å². The molecule has 0 radical (unpaired) electrons. The summed E-state index contributed by atoms with van der Waals surface area (Å²) in [6.07, 6.45) is 8.85. The topological polar surface area (TPSA) is 34.0 Å². The van der Waals surface area contributed by atoms with Gasteiger partial charge in [-0.3, -0.25) is 9.98 Å². The van der Waals surface area contributed by atoms with E-state index in [1.807, 2.05) is 0 Å². The molecule has 0 bridgehead atoms. The molecule has 0 spiro atoms. The van der Waals surface area contributed by atoms with Crippen molar-refractivity contribution in [1.82, 2.24) is 0 Å². The maximum Gasteiger partial charge on any atom is 0.183 e. The van der Waals surface area contributed by atoms with Crippen LogP contribution in [0.25, 0.3) is 0 Å². The van der Waals surface area contributed by atoms with E-state index in [4.69, 9.17) is 37.6 Å². The summed E-state index contributed by atoms with van der Waals surface area (Å²) in [7, 11) is -1.48. The predicted molar refractivity (Wildman–Crippen MR) is 132 cm³/mol. The standard InChI is InChI=1S/C23H42Cl2N2OSi/c1-16-10-7-12-19(24)22(16)26-18(3)21(14-9-15-28-29(4,5)6)27-23-17(2)11-8-13-20(23)25/h16-17,19-20,22-23H,7-15H2,1-6H3. The van der Waals surface area contributed by atoms with Gasteiger partial charge in [-0.2, -0.15) is 0 Å². The first-order valence-electron chi connectivity index (χ1n) is 11.6. The Morgan fingerprint density at radius 2 is 1.41 bits per heavy atom. The van der Waals surface area contributed by atoms with Gasteiger partial charge in [0, 0.05) is 6.61 Å². The first kappa shape index (κ1) is 25.4. The minimum Gasteiger partial charge on any atom is -0.418 e. The number of hydrogen-bond donors (Lipinski definition) is 0. The van der Waals surface area contributed by atoms with Crippen molar-refractivity contribution in [2.75, 3.05) is 6.61 Å². The van der Waals surface area contributed by atoms with E-state index in [1.54, 1.807) is 0 Å². The van der Waals surface area contributed by atoms with Crippen molar-refractivity contribution in [1.29, 1.82) is 0 Å². The fraction of sp³-hybridized carbons (Fsp3) is 0.913. The van der Waals surface area contributed by atoms with Gasteiger partial charge in [0.1, 0.15) is 0 Å². The second-order valence-electron chi connectivity index (χ2n) is 10.2. The molecule has 0 heterocycles. The number of rotatable bonds is 8. The third-order valence-electron chi connectivity index (χ3n) is 6.34. The highest BCUT2D eigenvalue weighted by atomic mass is 35.5. The molecule has 6 unspecified atom stereocenters. The predicted octanol–water partition coefficient (Wildman–Crippen LogP) is 7.11. The summed E-state index contributed by atoms with van der Waals surface area (Å²) < 4.78 is 6.07. The van der Waals surface area contributed by atoms with Crippen LogP contribution in [0, 0.1) is 11.8 Å². The number of aliphatic imine (C=N–C) groups is 2. The molecule has 0 aromatic rings. The van der Waals surface area contributed by atoms with Crippen molar-refractivity contribution >= 4 is 42.9 Å². The van der Waals surface area contributed by atoms with Gasteiger partial charge in [0.2, 0.25) is 0 Å². The van der Waals surface area contributed by atoms with Crippen LogP contribution in [0.2, 0.25) is 19.6 Å². The van der Waals surface area contributed by atoms with Crippen molar-refractivity contribution in [3.8, 4) is 0 Å². The Kier molecular flexibility index (Phi) is 10.2. The average molecular weight is 462 g/mol. The molecule has 6 heteroatoms. The molecule has 2 rings (SSSR count). The molecule has 0 aliphatic heterocycles. The summed E-state index contributed by atoms with van der Waals surface area (Å²) >= 11 is 13.4. The number of alkyl halides is 2. The summed E-state index contributed by atoms with van der Waals surface area (Å²) in [6.45, 7) is 14.2. The lowest BCUT2D eigenvalue weighted by molar-refractivity contribution is 0.307. The van der Waals surface area contributed by atoms with E-state index in [1.165, 1.54) is 25.7 Å². The highest BCUT2D eigenvalue weighted by molar-refractivity contribution is 6.69. The van der Waals surface area contributed by atoms with Gasteiger partial charge in [0.15, 0.2) is 8.32 Å². The third-order valence-corrected chi connectivity index (χ3v) is 8.37. The molecule has 0 aromatic heterocycles. The molecule has 3 nitrogen and oxygen atoms in total. The molecular formula is C23H42Cl2N2OSi. The molecule has 2 aliphatic carbocycles. The second-order valence-corrected chi connectivity index (χ2v) is 15.8. The first-order chi connectivity index (χ1) is 13.6. The average Bonchev–Trinajstić information content (AvgIpc) is 2.62. The van der Waals surface area contributed by atoms with Crippen LogP contribution in [-0.2, 0) is 4.43 Å². The zero-order chi connectivity index (χ0) is 21.6. The van der Waals surface area contributed by atoms with E-state index in [2.05, 4.69) is 40.4 Å². The summed E-state index contributed by atoms with van der Waals surface area (Å²) in [5, 5.41) is 0.272. The smallest absolute Gasteiger partial charge is 0.183 e. The van der Waals surface area contributed by atoms with Gasteiger partial charge in [-0.1, -0.05) is 26.7 Å². The van der Waals surface area contributed by atoms with Crippen molar-refractivity contribution in [2.24, 2.45) is 21.8 Å². The van der Waals surface area contributed by atoms with Gasteiger partial charge in [-0.05, 0) is 76.9 Å². The van der Waals surface area contributed by atoms with Gasteiger partial charge in [0.05, 0.1) is 34.3 Å². The van der Waals surface area contributed by atoms with Crippen molar-refractivity contribution in [2.45, 2.75) is 115 Å². The minimum absolute atomic E-state index is 0.133. The number of nitrogens with zero attached hydrogens (tertiary/aromatic N) is 2. The number of halogens is 2. The van der Waals surface area contributed by atoms with E-state index in [-0.39, 0.29) is 22.8 Å². The van der Waals surface area contributed by atoms with Crippen LogP contribution < -0.4 is 0 Å². The van der Waals surface area contributed by atoms with E-state index in [9.17, 15) is 0 Å². The van der Waals surface area contributed by atoms with Crippen LogP contribution in [0.4, 0.5) is 0 Å². The largest absolute Gasteiger partial charge is 0.418 e. The lowest BCUT2D eigenvalue weighted by Crippen LogP contribution is -2.35. The maximum atomic E-state index is 6.70. The SMILES string of the molecule is CC(=NC1C(C)CCCC1Cl)C(CCCO[Si](C)(C)C)=NC1C(C)CCCC1Cl. The van der Waals surface area contributed by atoms with Crippen LogP contribution in [0.1, 0.15) is 72.1 Å². The molecule has 0 amide bonds. The van der Waals surface area contributed by atoms with Crippen LogP contribution >= 0.6 is 23.2 Å². The quantitative estimate of drug-likeness (QED) is 0.164. The molecule has 0 N–H and O–H groups in total. The van der Waals surface area contributed by atoms with Crippen molar-refractivity contribution < 1.29 is 4.43 Å². The van der Waals surface area contributed by atoms with E-state index in [0.29, 0.717) is 11.8 Å². The second kappa shape index (κ2) is 11.6. The minimum atomic E-state index is -1.48. The van der Waals surface area contributed by atoms with E-state index in [0.717, 1.165) is 43.7 Å². The molecule has 168 valence electrons. The Morgan fingerprint density at radius 3 is 1.90 bits per heavy atom. The van der Waals surface area contributed by atoms with Crippen molar-refractivity contribution in [3.05, 3.63) is 0 Å². The van der Waals surface area contributed by atoms with E-state index < -0.39 is 8.32 Å². The van der Waals surface area contributed by atoms with Crippen LogP contribution in [0.5, 0.6) is 0 Å². The summed E-state index contributed by atoms with van der Waals surface area (Å²) in [4.78, 5) is 10.3. The van der Waals surface area contributed by atoms with Gasteiger partial charge < -0.3 is 4.43 Å². The molecule has 6 atom stereocenters. The molecule has 29 heavy (non-hydrogen) atoms. The van der Waals surface area contributed by atoms with Gasteiger partial charge in [-0.15, -0.1) is 23.2 Å². The third kappa shape index (κ3) is 8.27. The first-order valence-corrected chi connectivity index (χ1v) is 15.9. The summed E-state index contributed by atoms with van der Waals surface area (Å²) in [5.41, 5.74) is 2.18. The molecule has 2 aliphatic rings. The highest BCUT2D eigenvalue weighted by Crippen LogP contribution is 2.32. The van der Waals surface area contributed by atoms with Gasteiger partial charge in [0.25, 0.3) is 0 Å². The Balaban J connectivity index is 2.18. The van der Waals surface area contributed by atoms with Crippen LogP contribution in [-0.4, -0.2) is 49.2 Å². The van der Waals surface area contributed by atoms with Gasteiger partial charge in [-0.25, -0.2) is 0 Å². The Bertz CT molecular complexity index is 556. The number of hydrogen-bond acceptors (Lipinski definition) is 3.